The summed E-state index contributed by atoms with van der Waals surface area (Å²) >= 11 is 0. The predicted molar refractivity (Wildman–Crippen MR) is 86.6 cm³/mol. The number of benzene rings is 1. The summed E-state index contributed by atoms with van der Waals surface area (Å²) in [5.74, 6) is -2.11. The molecule has 1 aromatic carbocycles. The largest absolute Gasteiger partial charge is 0.494 e. The van der Waals surface area contributed by atoms with E-state index in [-0.39, 0.29) is 34.9 Å². The average Bonchev–Trinajstić information content (AvgIpc) is 2.86. The number of carbonyl (C=O) groups excluding carboxylic acids is 2. The fourth-order valence-electron chi connectivity index (χ4n) is 2.34. The van der Waals surface area contributed by atoms with E-state index in [1.165, 1.54) is 33.1 Å². The zero-order valence-corrected chi connectivity index (χ0v) is 14.3. The van der Waals surface area contributed by atoms with Gasteiger partial charge in [-0.25, -0.2) is 4.39 Å². The van der Waals surface area contributed by atoms with Crippen LogP contribution in [0.15, 0.2) is 18.2 Å². The van der Waals surface area contributed by atoms with Crippen LogP contribution in [0.2, 0.25) is 0 Å². The molecule has 0 unspecified atom stereocenters. The molecule has 0 atom stereocenters. The van der Waals surface area contributed by atoms with Gasteiger partial charge < -0.3 is 9.47 Å². The third-order valence-corrected chi connectivity index (χ3v) is 3.64. The van der Waals surface area contributed by atoms with Crippen molar-refractivity contribution in [3.63, 3.8) is 0 Å². The molecule has 1 aromatic heterocycles. The highest BCUT2D eigenvalue weighted by Gasteiger charge is 2.23. The topological polar surface area (TPSA) is 114 Å². The number of rotatable bonds is 7. The fourth-order valence-corrected chi connectivity index (χ4v) is 2.34. The van der Waals surface area contributed by atoms with E-state index in [0.29, 0.717) is 0 Å². The number of methoxy groups -OCH3 is 1. The second-order valence-electron chi connectivity index (χ2n) is 5.37. The fraction of sp³-hybridized carbons (Fsp3) is 0.312. The van der Waals surface area contributed by atoms with Crippen LogP contribution >= 0.6 is 0 Å². The standard InChI is InChI=1S/C16H16FN3O6/c1-9-16(20(23)24)10(2)19(18-9)7-15(22)26-8-13(21)11-4-5-14(25-3)12(17)6-11/h4-6H,7-8H2,1-3H3. The Bertz CT molecular complexity index is 877. The van der Waals surface area contributed by atoms with Crippen LogP contribution in [-0.4, -0.2) is 40.2 Å². The summed E-state index contributed by atoms with van der Waals surface area (Å²) in [7, 11) is 1.30. The van der Waals surface area contributed by atoms with Crippen molar-refractivity contribution in [2.45, 2.75) is 20.4 Å². The van der Waals surface area contributed by atoms with E-state index in [1.54, 1.807) is 0 Å². The van der Waals surface area contributed by atoms with Gasteiger partial charge in [-0.15, -0.1) is 0 Å². The zero-order valence-electron chi connectivity index (χ0n) is 14.3. The van der Waals surface area contributed by atoms with Crippen LogP contribution in [0, 0.1) is 29.8 Å². The highest BCUT2D eigenvalue weighted by Crippen LogP contribution is 2.21. The van der Waals surface area contributed by atoms with Crippen LogP contribution in [0.5, 0.6) is 5.75 Å². The minimum atomic E-state index is -0.798. The number of esters is 1. The number of aromatic nitrogens is 2. The first kappa shape index (κ1) is 19.0. The summed E-state index contributed by atoms with van der Waals surface area (Å²) < 4.78 is 24.3. The Hall–Kier alpha value is -3.30. The number of aryl methyl sites for hydroxylation is 1. The van der Waals surface area contributed by atoms with Crippen LogP contribution < -0.4 is 4.74 Å². The van der Waals surface area contributed by atoms with Crippen molar-refractivity contribution in [2.24, 2.45) is 0 Å². The molecule has 0 aliphatic carbocycles. The van der Waals surface area contributed by atoms with Crippen molar-refractivity contribution >= 4 is 17.4 Å². The molecule has 9 nitrogen and oxygen atoms in total. The maximum Gasteiger partial charge on any atom is 0.328 e. The number of halogens is 1. The number of hydrogen-bond donors (Lipinski definition) is 0. The SMILES string of the molecule is COc1ccc(C(=O)COC(=O)Cn2nc(C)c([N+](=O)[O-])c2C)cc1F. The lowest BCUT2D eigenvalue weighted by atomic mass is 10.1. The Morgan fingerprint density at radius 3 is 2.58 bits per heavy atom. The molecule has 0 spiro atoms. The Balaban J connectivity index is 1.99. The second-order valence-corrected chi connectivity index (χ2v) is 5.37. The molecule has 0 radical (unpaired) electrons. The molecule has 0 N–H and O–H groups in total. The molecule has 1 heterocycles. The van der Waals surface area contributed by atoms with Gasteiger partial charge in [0, 0.05) is 5.56 Å². The molecule has 0 saturated carbocycles. The van der Waals surface area contributed by atoms with Gasteiger partial charge in [0.2, 0.25) is 0 Å². The zero-order chi connectivity index (χ0) is 19.4. The van der Waals surface area contributed by atoms with Crippen LogP contribution in [-0.2, 0) is 16.1 Å². The third kappa shape index (κ3) is 4.02. The Kier molecular flexibility index (Phi) is 5.65. The minimum absolute atomic E-state index is 0.00957. The molecule has 138 valence electrons. The molecule has 0 aliphatic heterocycles. The number of ketones is 1. The van der Waals surface area contributed by atoms with Crippen molar-refractivity contribution in [1.82, 2.24) is 9.78 Å². The van der Waals surface area contributed by atoms with Crippen LogP contribution in [0.4, 0.5) is 10.1 Å². The number of ether oxygens (including phenoxy) is 2. The molecule has 0 bridgehead atoms. The molecular weight excluding hydrogens is 349 g/mol. The van der Waals surface area contributed by atoms with Crippen LogP contribution in [0.25, 0.3) is 0 Å². The quantitative estimate of drug-likeness (QED) is 0.319. The van der Waals surface area contributed by atoms with Gasteiger partial charge in [0.25, 0.3) is 0 Å². The molecular formula is C16H16FN3O6. The van der Waals surface area contributed by atoms with Crippen molar-refractivity contribution in [2.75, 3.05) is 13.7 Å². The molecule has 0 fully saturated rings. The van der Waals surface area contributed by atoms with Gasteiger partial charge in [-0.2, -0.15) is 5.10 Å². The summed E-state index contributed by atoms with van der Waals surface area (Å²) in [4.78, 5) is 34.2. The van der Waals surface area contributed by atoms with Gasteiger partial charge >= 0.3 is 11.7 Å². The van der Waals surface area contributed by atoms with Gasteiger partial charge in [0.1, 0.15) is 17.9 Å². The lowest BCUT2D eigenvalue weighted by molar-refractivity contribution is -0.386. The molecule has 2 rings (SSSR count). The summed E-state index contributed by atoms with van der Waals surface area (Å²) in [6, 6.07) is 3.63. The lowest BCUT2D eigenvalue weighted by Gasteiger charge is -2.07. The number of hydrogen-bond acceptors (Lipinski definition) is 7. The van der Waals surface area contributed by atoms with Crippen molar-refractivity contribution in [1.29, 1.82) is 0 Å². The van der Waals surface area contributed by atoms with Gasteiger partial charge in [0.05, 0.1) is 12.0 Å². The maximum absolute atomic E-state index is 13.6. The average molecular weight is 365 g/mol. The normalized spacial score (nSPS) is 10.5. The highest BCUT2D eigenvalue weighted by molar-refractivity contribution is 5.98. The number of carbonyl (C=O) groups is 2. The van der Waals surface area contributed by atoms with E-state index in [2.05, 4.69) is 5.10 Å². The van der Waals surface area contributed by atoms with Gasteiger partial charge in [0.15, 0.2) is 24.0 Å². The van der Waals surface area contributed by atoms with Crippen molar-refractivity contribution in [3.05, 3.63) is 51.1 Å². The molecule has 0 amide bonds. The van der Waals surface area contributed by atoms with E-state index in [0.717, 1.165) is 10.7 Å². The first-order valence-corrected chi connectivity index (χ1v) is 7.45. The summed E-state index contributed by atoms with van der Waals surface area (Å²) in [5.41, 5.74) is 0.221. The predicted octanol–water partition coefficient (Wildman–Crippen LogP) is 1.98. The molecule has 0 saturated heterocycles. The lowest BCUT2D eigenvalue weighted by Crippen LogP contribution is -2.20. The van der Waals surface area contributed by atoms with E-state index >= 15 is 0 Å². The number of nitrogens with zero attached hydrogens (tertiary/aromatic N) is 3. The van der Waals surface area contributed by atoms with E-state index in [1.807, 2.05) is 0 Å². The third-order valence-electron chi connectivity index (χ3n) is 3.64. The summed E-state index contributed by atoms with van der Waals surface area (Å²) in [6.07, 6.45) is 0. The Morgan fingerprint density at radius 2 is 2.04 bits per heavy atom. The Morgan fingerprint density at radius 1 is 1.35 bits per heavy atom. The van der Waals surface area contributed by atoms with E-state index in [4.69, 9.17) is 9.47 Å². The van der Waals surface area contributed by atoms with Gasteiger partial charge in [-0.3, -0.25) is 24.4 Å². The van der Waals surface area contributed by atoms with Crippen LogP contribution in [0.3, 0.4) is 0 Å². The second kappa shape index (κ2) is 7.72. The summed E-state index contributed by atoms with van der Waals surface area (Å²) in [5, 5.41) is 14.9. The molecule has 0 aliphatic rings. The Labute approximate surface area is 147 Å². The molecule has 26 heavy (non-hydrogen) atoms. The summed E-state index contributed by atoms with van der Waals surface area (Å²) in [6.45, 7) is 1.93. The monoisotopic (exact) mass is 365 g/mol. The molecule has 2 aromatic rings. The maximum atomic E-state index is 13.6. The number of Topliss-reactive ketones (excluding diaryl/α,β-unsaturated/α-hetero) is 1. The van der Waals surface area contributed by atoms with Crippen molar-refractivity contribution < 1.29 is 28.4 Å². The van der Waals surface area contributed by atoms with Gasteiger partial charge in [-0.05, 0) is 32.0 Å². The molecule has 10 heteroatoms. The van der Waals surface area contributed by atoms with Crippen molar-refractivity contribution in [3.8, 4) is 5.75 Å². The highest BCUT2D eigenvalue weighted by atomic mass is 19.1. The van der Waals surface area contributed by atoms with E-state index < -0.39 is 29.1 Å². The first-order chi connectivity index (χ1) is 12.2. The first-order valence-electron chi connectivity index (χ1n) is 7.45. The smallest absolute Gasteiger partial charge is 0.328 e. The van der Waals surface area contributed by atoms with E-state index in [9.17, 15) is 24.1 Å². The van der Waals surface area contributed by atoms with Gasteiger partial charge in [-0.1, -0.05) is 0 Å². The minimum Gasteiger partial charge on any atom is -0.494 e. The number of nitro groups is 1. The van der Waals surface area contributed by atoms with Crippen LogP contribution in [0.1, 0.15) is 21.7 Å².